The van der Waals surface area contributed by atoms with Gasteiger partial charge in [0.15, 0.2) is 0 Å². The summed E-state index contributed by atoms with van der Waals surface area (Å²) in [6.45, 7) is 0. The second-order valence-corrected chi connectivity index (χ2v) is 7.37. The number of nitrogens with one attached hydrogen (secondary N) is 2. The first-order valence-electron chi connectivity index (χ1n) is 8.13. The molecule has 0 radical (unpaired) electrons. The topological polar surface area (TPSA) is 48.6 Å². The summed E-state index contributed by atoms with van der Waals surface area (Å²) in [5, 5.41) is 2.38. The number of H-pyrrole nitrogens is 2. The third-order valence-corrected chi connectivity index (χ3v) is 5.78. The van der Waals surface area contributed by atoms with Crippen LogP contribution in [0.3, 0.4) is 0 Å². The molecule has 0 fully saturated rings. The number of aryl methyl sites for hydroxylation is 1. The van der Waals surface area contributed by atoms with Gasteiger partial charge in [-0.2, -0.15) is 11.8 Å². The molecule has 5 rings (SSSR count). The Balaban J connectivity index is 1.69. The van der Waals surface area contributed by atoms with Crippen molar-refractivity contribution in [2.75, 3.05) is 5.75 Å². The summed E-state index contributed by atoms with van der Waals surface area (Å²) in [5.41, 5.74) is 7.20. The smallest absolute Gasteiger partial charge is 0.248 e. The molecular formula is C20H16N2OS. The standard InChI is InChI=1S/C20H16N2OS/c23-20-6-4-12-1-2-14(10-19(12)22-20)13-3-5-17-15(9-13)16-11-24-8-7-18(16)21-17/h1-6,9-10,21H,7-8,11H2,(H,22,23). The fourth-order valence-corrected chi connectivity index (χ4v) is 4.57. The molecule has 4 aromatic rings. The van der Waals surface area contributed by atoms with Gasteiger partial charge in [-0.25, -0.2) is 0 Å². The fourth-order valence-electron chi connectivity index (χ4n) is 3.54. The Morgan fingerprint density at radius 1 is 0.875 bits per heavy atom. The van der Waals surface area contributed by atoms with Gasteiger partial charge in [-0.05, 0) is 58.5 Å². The van der Waals surface area contributed by atoms with Crippen LogP contribution >= 0.6 is 11.8 Å². The van der Waals surface area contributed by atoms with Crippen LogP contribution in [0.5, 0.6) is 0 Å². The number of fused-ring (bicyclic) bond motifs is 4. The van der Waals surface area contributed by atoms with Crippen molar-refractivity contribution in [2.24, 2.45) is 0 Å². The normalized spacial score (nSPS) is 14.2. The molecule has 24 heavy (non-hydrogen) atoms. The molecule has 0 unspecified atom stereocenters. The Bertz CT molecular complexity index is 1140. The van der Waals surface area contributed by atoms with Crippen LogP contribution in [0.1, 0.15) is 11.3 Å². The maximum absolute atomic E-state index is 11.6. The molecule has 1 aliphatic heterocycles. The highest BCUT2D eigenvalue weighted by atomic mass is 32.2. The third kappa shape index (κ3) is 2.18. The Kier molecular flexibility index (Phi) is 3.06. The average molecular weight is 332 g/mol. The lowest BCUT2D eigenvalue weighted by atomic mass is 10.0. The van der Waals surface area contributed by atoms with E-state index in [0.717, 1.165) is 28.6 Å². The Hall–Kier alpha value is -2.46. The van der Waals surface area contributed by atoms with Gasteiger partial charge in [-0.3, -0.25) is 4.79 Å². The highest BCUT2D eigenvalue weighted by Gasteiger charge is 2.16. The van der Waals surface area contributed by atoms with Gasteiger partial charge in [0.2, 0.25) is 5.56 Å². The monoisotopic (exact) mass is 332 g/mol. The zero-order chi connectivity index (χ0) is 16.1. The summed E-state index contributed by atoms with van der Waals surface area (Å²) in [6, 6.07) is 16.3. The van der Waals surface area contributed by atoms with Crippen LogP contribution in [-0.2, 0) is 12.2 Å². The number of rotatable bonds is 1. The van der Waals surface area contributed by atoms with Gasteiger partial charge in [-0.15, -0.1) is 0 Å². The van der Waals surface area contributed by atoms with E-state index in [-0.39, 0.29) is 5.56 Å². The summed E-state index contributed by atoms with van der Waals surface area (Å²) in [7, 11) is 0. The molecule has 3 nitrogen and oxygen atoms in total. The van der Waals surface area contributed by atoms with E-state index >= 15 is 0 Å². The first-order chi connectivity index (χ1) is 11.8. The lowest BCUT2D eigenvalue weighted by Crippen LogP contribution is -2.02. The van der Waals surface area contributed by atoms with Crippen molar-refractivity contribution in [1.29, 1.82) is 0 Å². The van der Waals surface area contributed by atoms with Gasteiger partial charge in [-0.1, -0.05) is 18.2 Å². The predicted octanol–water partition coefficient (Wildman–Crippen LogP) is 4.47. The molecule has 0 saturated carbocycles. The molecule has 0 saturated heterocycles. The van der Waals surface area contributed by atoms with Gasteiger partial charge in [0.05, 0.1) is 0 Å². The average Bonchev–Trinajstić information content (AvgIpc) is 2.99. The third-order valence-electron chi connectivity index (χ3n) is 4.80. The lowest BCUT2D eigenvalue weighted by Gasteiger charge is -2.10. The molecular weight excluding hydrogens is 316 g/mol. The van der Waals surface area contributed by atoms with Crippen molar-refractivity contribution in [3.63, 3.8) is 0 Å². The molecule has 4 heteroatoms. The molecule has 0 spiro atoms. The van der Waals surface area contributed by atoms with Crippen molar-refractivity contribution in [3.05, 3.63) is 70.1 Å². The van der Waals surface area contributed by atoms with Gasteiger partial charge in [0, 0.05) is 33.9 Å². The zero-order valence-corrected chi connectivity index (χ0v) is 13.9. The zero-order valence-electron chi connectivity index (χ0n) is 13.1. The molecule has 3 heterocycles. The van der Waals surface area contributed by atoms with Crippen LogP contribution in [0.25, 0.3) is 32.9 Å². The maximum Gasteiger partial charge on any atom is 0.248 e. The molecule has 0 amide bonds. The molecule has 2 aromatic heterocycles. The van der Waals surface area contributed by atoms with Gasteiger partial charge < -0.3 is 9.97 Å². The molecule has 0 atom stereocenters. The first-order valence-corrected chi connectivity index (χ1v) is 9.28. The molecule has 2 aromatic carbocycles. The lowest BCUT2D eigenvalue weighted by molar-refractivity contribution is 1.04. The number of benzene rings is 2. The van der Waals surface area contributed by atoms with Crippen molar-refractivity contribution >= 4 is 33.6 Å². The van der Waals surface area contributed by atoms with E-state index in [0.29, 0.717) is 0 Å². The second-order valence-electron chi connectivity index (χ2n) is 6.27. The molecule has 1 aliphatic rings. The summed E-state index contributed by atoms with van der Waals surface area (Å²) < 4.78 is 0. The van der Waals surface area contributed by atoms with Crippen LogP contribution in [0.4, 0.5) is 0 Å². The summed E-state index contributed by atoms with van der Waals surface area (Å²) in [4.78, 5) is 18.1. The number of hydrogen-bond acceptors (Lipinski definition) is 2. The quantitative estimate of drug-likeness (QED) is 0.540. The largest absolute Gasteiger partial charge is 0.358 e. The van der Waals surface area contributed by atoms with Crippen LogP contribution < -0.4 is 5.56 Å². The minimum absolute atomic E-state index is 0.0631. The van der Waals surface area contributed by atoms with E-state index in [4.69, 9.17) is 0 Å². The number of aromatic amines is 2. The first kappa shape index (κ1) is 13.9. The fraction of sp³-hybridized carbons (Fsp3) is 0.150. The van der Waals surface area contributed by atoms with Crippen LogP contribution in [0.2, 0.25) is 0 Å². The molecule has 118 valence electrons. The van der Waals surface area contributed by atoms with E-state index in [1.54, 1.807) is 6.07 Å². The van der Waals surface area contributed by atoms with E-state index in [1.807, 2.05) is 17.8 Å². The Morgan fingerprint density at radius 3 is 2.67 bits per heavy atom. The van der Waals surface area contributed by atoms with Gasteiger partial charge >= 0.3 is 0 Å². The van der Waals surface area contributed by atoms with Crippen molar-refractivity contribution in [1.82, 2.24) is 9.97 Å². The Labute approximate surface area is 143 Å². The highest BCUT2D eigenvalue weighted by Crippen LogP contribution is 2.34. The summed E-state index contributed by atoms with van der Waals surface area (Å²) >= 11 is 2.00. The molecule has 2 N–H and O–H groups in total. The number of hydrogen-bond donors (Lipinski definition) is 2. The minimum atomic E-state index is -0.0631. The number of pyridine rings is 1. The second kappa shape index (κ2) is 5.28. The number of thioether (sulfide) groups is 1. The number of aromatic nitrogens is 2. The van der Waals surface area contributed by atoms with Gasteiger partial charge in [0.1, 0.15) is 0 Å². The van der Waals surface area contributed by atoms with E-state index in [2.05, 4.69) is 46.4 Å². The van der Waals surface area contributed by atoms with Crippen molar-refractivity contribution in [3.8, 4) is 11.1 Å². The predicted molar refractivity (Wildman–Crippen MR) is 102 cm³/mol. The SMILES string of the molecule is O=c1ccc2ccc(-c3ccc4[nH]c5c(c4c3)CSCC5)cc2[nH]1. The minimum Gasteiger partial charge on any atom is -0.358 e. The van der Waals surface area contributed by atoms with E-state index in [9.17, 15) is 4.79 Å². The molecule has 0 aliphatic carbocycles. The summed E-state index contributed by atoms with van der Waals surface area (Å²) in [5.74, 6) is 2.29. The highest BCUT2D eigenvalue weighted by molar-refractivity contribution is 7.98. The summed E-state index contributed by atoms with van der Waals surface area (Å²) in [6.07, 6.45) is 1.13. The maximum atomic E-state index is 11.6. The van der Waals surface area contributed by atoms with E-state index in [1.165, 1.54) is 33.5 Å². The van der Waals surface area contributed by atoms with Crippen molar-refractivity contribution in [2.45, 2.75) is 12.2 Å². The van der Waals surface area contributed by atoms with Crippen LogP contribution in [-0.4, -0.2) is 15.7 Å². The van der Waals surface area contributed by atoms with Crippen LogP contribution in [0, 0.1) is 0 Å². The van der Waals surface area contributed by atoms with Crippen LogP contribution in [0.15, 0.2) is 53.3 Å². The van der Waals surface area contributed by atoms with Gasteiger partial charge in [0.25, 0.3) is 0 Å². The van der Waals surface area contributed by atoms with E-state index < -0.39 is 0 Å². The molecule has 0 bridgehead atoms. The Morgan fingerprint density at radius 2 is 1.71 bits per heavy atom. The van der Waals surface area contributed by atoms with Crippen molar-refractivity contribution < 1.29 is 0 Å².